The number of rotatable bonds is 5. The van der Waals surface area contributed by atoms with Crippen molar-refractivity contribution in [3.05, 3.63) is 67.7 Å². The smallest absolute Gasteiger partial charge is 0.252 e. The van der Waals surface area contributed by atoms with Gasteiger partial charge in [-0.3, -0.25) is 9.69 Å². The van der Waals surface area contributed by atoms with Crippen LogP contribution >= 0.6 is 34.2 Å². The number of halogens is 2. The highest BCUT2D eigenvalue weighted by Gasteiger charge is 2.12. The predicted octanol–water partition coefficient (Wildman–Crippen LogP) is 3.71. The van der Waals surface area contributed by atoms with Crippen molar-refractivity contribution in [3.8, 4) is 0 Å². The summed E-state index contributed by atoms with van der Waals surface area (Å²) in [6.45, 7) is 4.94. The van der Waals surface area contributed by atoms with Crippen LogP contribution in [0.15, 0.2) is 42.5 Å². The Bertz CT molecular complexity index is 748. The van der Waals surface area contributed by atoms with Crippen LogP contribution < -0.4 is 5.32 Å². The minimum absolute atomic E-state index is 0.106. The standard InChI is InChI=1S/C19H20ClIN2O2/c20-16-4-5-18(21)17(11-16)19(24)22-12-14-2-1-3-15(10-14)13-23-6-8-25-9-7-23/h1-5,10-11H,6-9,12-13H2,(H,22,24). The lowest BCUT2D eigenvalue weighted by Crippen LogP contribution is -2.35. The maximum absolute atomic E-state index is 12.4. The first-order valence-electron chi connectivity index (χ1n) is 8.23. The van der Waals surface area contributed by atoms with Crippen LogP contribution in [0.2, 0.25) is 5.02 Å². The molecule has 2 aromatic carbocycles. The van der Waals surface area contributed by atoms with Crippen molar-refractivity contribution >= 4 is 40.1 Å². The Hall–Kier alpha value is -1.15. The molecule has 0 radical (unpaired) electrons. The number of carbonyl (C=O) groups is 1. The van der Waals surface area contributed by atoms with Gasteiger partial charge in [0.2, 0.25) is 0 Å². The number of nitrogens with zero attached hydrogens (tertiary/aromatic N) is 1. The number of hydrogen-bond acceptors (Lipinski definition) is 3. The quantitative estimate of drug-likeness (QED) is 0.678. The molecule has 1 aliphatic rings. The molecule has 0 aromatic heterocycles. The first-order chi connectivity index (χ1) is 12.1. The highest BCUT2D eigenvalue weighted by molar-refractivity contribution is 14.1. The lowest BCUT2D eigenvalue weighted by molar-refractivity contribution is 0.0342. The van der Waals surface area contributed by atoms with E-state index >= 15 is 0 Å². The van der Waals surface area contributed by atoms with E-state index in [9.17, 15) is 4.79 Å². The van der Waals surface area contributed by atoms with Crippen LogP contribution in [0.1, 0.15) is 21.5 Å². The summed E-state index contributed by atoms with van der Waals surface area (Å²) >= 11 is 8.14. The lowest BCUT2D eigenvalue weighted by atomic mass is 10.1. The van der Waals surface area contributed by atoms with E-state index in [4.69, 9.17) is 16.3 Å². The summed E-state index contributed by atoms with van der Waals surface area (Å²) in [5.41, 5.74) is 2.96. The van der Waals surface area contributed by atoms with E-state index in [1.54, 1.807) is 12.1 Å². The van der Waals surface area contributed by atoms with Gasteiger partial charge in [-0.15, -0.1) is 0 Å². The average Bonchev–Trinajstić information content (AvgIpc) is 2.63. The molecule has 0 unspecified atom stereocenters. The SMILES string of the molecule is O=C(NCc1cccc(CN2CCOCC2)c1)c1cc(Cl)ccc1I. The van der Waals surface area contributed by atoms with Gasteiger partial charge in [-0.25, -0.2) is 0 Å². The Morgan fingerprint density at radius 3 is 2.72 bits per heavy atom. The molecule has 3 rings (SSSR count). The fraction of sp³-hybridized carbons (Fsp3) is 0.316. The van der Waals surface area contributed by atoms with Crippen LogP contribution in [0, 0.1) is 3.57 Å². The summed E-state index contributed by atoms with van der Waals surface area (Å²) in [5.74, 6) is -0.106. The van der Waals surface area contributed by atoms with Crippen LogP contribution in [0.4, 0.5) is 0 Å². The van der Waals surface area contributed by atoms with Crippen LogP contribution in [0.5, 0.6) is 0 Å². The molecule has 25 heavy (non-hydrogen) atoms. The molecule has 1 saturated heterocycles. The zero-order valence-electron chi connectivity index (χ0n) is 13.8. The molecule has 0 saturated carbocycles. The topological polar surface area (TPSA) is 41.6 Å². The molecular weight excluding hydrogens is 451 g/mol. The van der Waals surface area contributed by atoms with Gasteiger partial charge in [-0.05, 0) is 51.9 Å². The maximum Gasteiger partial charge on any atom is 0.252 e. The van der Waals surface area contributed by atoms with Gasteiger partial charge in [0.15, 0.2) is 0 Å². The third-order valence-corrected chi connectivity index (χ3v) is 5.30. The molecule has 1 N–H and O–H groups in total. The third-order valence-electron chi connectivity index (χ3n) is 4.13. The van der Waals surface area contributed by atoms with E-state index in [-0.39, 0.29) is 5.91 Å². The van der Waals surface area contributed by atoms with Crippen molar-refractivity contribution < 1.29 is 9.53 Å². The fourth-order valence-corrected chi connectivity index (χ4v) is 3.56. The van der Waals surface area contributed by atoms with Gasteiger partial charge in [-0.2, -0.15) is 0 Å². The van der Waals surface area contributed by atoms with Crippen LogP contribution in [0.3, 0.4) is 0 Å². The molecule has 0 bridgehead atoms. The van der Waals surface area contributed by atoms with Crippen molar-refractivity contribution in [2.75, 3.05) is 26.3 Å². The van der Waals surface area contributed by atoms with Gasteiger partial charge in [0.1, 0.15) is 0 Å². The number of hydrogen-bond donors (Lipinski definition) is 1. The molecule has 6 heteroatoms. The van der Waals surface area contributed by atoms with E-state index in [1.807, 2.05) is 18.2 Å². The highest BCUT2D eigenvalue weighted by Crippen LogP contribution is 2.18. The van der Waals surface area contributed by atoms with Gasteiger partial charge in [0, 0.05) is 34.8 Å². The van der Waals surface area contributed by atoms with Crippen molar-refractivity contribution in [2.45, 2.75) is 13.1 Å². The number of amides is 1. The molecule has 1 amide bonds. The van der Waals surface area contributed by atoms with Crippen LogP contribution in [-0.2, 0) is 17.8 Å². The van der Waals surface area contributed by atoms with Crippen molar-refractivity contribution in [3.63, 3.8) is 0 Å². The number of carbonyl (C=O) groups excluding carboxylic acids is 1. The summed E-state index contributed by atoms with van der Waals surface area (Å²) in [5, 5.41) is 3.55. The van der Waals surface area contributed by atoms with Gasteiger partial charge >= 0.3 is 0 Å². The Balaban J connectivity index is 1.60. The molecule has 0 aliphatic carbocycles. The third kappa shape index (κ3) is 5.41. The van der Waals surface area contributed by atoms with Gasteiger partial charge in [0.05, 0.1) is 18.8 Å². The Morgan fingerprint density at radius 2 is 1.92 bits per heavy atom. The monoisotopic (exact) mass is 470 g/mol. The molecule has 0 atom stereocenters. The first-order valence-corrected chi connectivity index (χ1v) is 9.68. The number of ether oxygens (including phenoxy) is 1. The summed E-state index contributed by atoms with van der Waals surface area (Å²) in [7, 11) is 0. The molecule has 2 aromatic rings. The summed E-state index contributed by atoms with van der Waals surface area (Å²) < 4.78 is 6.28. The molecule has 1 fully saturated rings. The van der Waals surface area contributed by atoms with E-state index < -0.39 is 0 Å². The Morgan fingerprint density at radius 1 is 1.16 bits per heavy atom. The number of morpholine rings is 1. The summed E-state index contributed by atoms with van der Waals surface area (Å²) in [4.78, 5) is 14.8. The molecular formula is C19H20ClIN2O2. The van der Waals surface area contributed by atoms with Gasteiger partial charge in [0.25, 0.3) is 5.91 Å². The average molecular weight is 471 g/mol. The normalized spacial score (nSPS) is 15.1. The van der Waals surface area contributed by atoms with Crippen molar-refractivity contribution in [1.29, 1.82) is 0 Å². The summed E-state index contributed by atoms with van der Waals surface area (Å²) in [6.07, 6.45) is 0. The first kappa shape index (κ1) is 18.6. The molecule has 1 aliphatic heterocycles. The van der Waals surface area contributed by atoms with E-state index in [2.05, 4.69) is 44.9 Å². The molecule has 4 nitrogen and oxygen atoms in total. The maximum atomic E-state index is 12.4. The van der Waals surface area contributed by atoms with Gasteiger partial charge in [-0.1, -0.05) is 35.9 Å². The molecule has 132 valence electrons. The van der Waals surface area contributed by atoms with E-state index in [0.717, 1.165) is 42.0 Å². The second kappa shape index (κ2) is 8.98. The molecule has 1 heterocycles. The lowest BCUT2D eigenvalue weighted by Gasteiger charge is -2.26. The van der Waals surface area contributed by atoms with Crippen LogP contribution in [0.25, 0.3) is 0 Å². The predicted molar refractivity (Wildman–Crippen MR) is 108 cm³/mol. The minimum atomic E-state index is -0.106. The zero-order chi connectivity index (χ0) is 17.6. The fourth-order valence-electron chi connectivity index (χ4n) is 2.80. The number of nitrogens with one attached hydrogen (secondary N) is 1. The second-order valence-corrected chi connectivity index (χ2v) is 7.61. The van der Waals surface area contributed by atoms with Crippen LogP contribution in [-0.4, -0.2) is 37.1 Å². The number of benzene rings is 2. The van der Waals surface area contributed by atoms with E-state index in [1.165, 1.54) is 5.56 Å². The zero-order valence-corrected chi connectivity index (χ0v) is 16.7. The highest BCUT2D eigenvalue weighted by atomic mass is 127. The Kier molecular flexibility index (Phi) is 6.70. The van der Waals surface area contributed by atoms with E-state index in [0.29, 0.717) is 17.1 Å². The van der Waals surface area contributed by atoms with Crippen molar-refractivity contribution in [1.82, 2.24) is 10.2 Å². The summed E-state index contributed by atoms with van der Waals surface area (Å²) in [6, 6.07) is 13.7. The molecule has 0 spiro atoms. The minimum Gasteiger partial charge on any atom is -0.379 e. The largest absolute Gasteiger partial charge is 0.379 e. The van der Waals surface area contributed by atoms with Gasteiger partial charge < -0.3 is 10.1 Å². The Labute approximate surface area is 166 Å². The van der Waals surface area contributed by atoms with Crippen molar-refractivity contribution in [2.24, 2.45) is 0 Å². The second-order valence-electron chi connectivity index (χ2n) is 6.02.